The molecule has 0 aromatic carbocycles. The van der Waals surface area contributed by atoms with Crippen LogP contribution >= 0.6 is 0 Å². The molecule has 1 fully saturated rings. The Morgan fingerprint density at radius 2 is 0.875 bits per heavy atom. The number of aliphatic hydroxyl groups excluding tert-OH is 2. The molecule has 1 rings (SSSR count). The fourth-order valence-electron chi connectivity index (χ4n) is 10.0. The second-order valence-corrected chi connectivity index (χ2v) is 22.3. The zero-order valence-corrected chi connectivity index (χ0v) is 47.2. The molecule has 1 amide bonds. The molecule has 0 bridgehead atoms. The molecule has 0 aromatic heterocycles. The lowest BCUT2D eigenvalue weighted by atomic mass is 9.96. The summed E-state index contributed by atoms with van der Waals surface area (Å²) in [5.74, 6) is -1.74. The Morgan fingerprint density at radius 1 is 0.528 bits per heavy atom. The molecule has 1 heterocycles. The summed E-state index contributed by atoms with van der Waals surface area (Å²) in [6.45, 7) is 5.86. The van der Waals surface area contributed by atoms with Gasteiger partial charge in [-0.15, -0.1) is 0 Å². The van der Waals surface area contributed by atoms with Gasteiger partial charge in [0.15, 0.2) is 12.4 Å². The number of esters is 2. The van der Waals surface area contributed by atoms with Crippen LogP contribution in [0.4, 0.5) is 0 Å². The first kappa shape index (κ1) is 66.3. The van der Waals surface area contributed by atoms with Crippen molar-refractivity contribution in [2.24, 2.45) is 0 Å². The predicted molar refractivity (Wildman–Crippen MR) is 291 cm³/mol. The van der Waals surface area contributed by atoms with E-state index in [0.717, 1.165) is 70.6 Å². The lowest BCUT2D eigenvalue weighted by Crippen LogP contribution is -2.66. The van der Waals surface area contributed by atoms with Crippen molar-refractivity contribution >= 4 is 28.2 Å². The second kappa shape index (κ2) is 47.6. The maximum atomic E-state index is 13.8. The van der Waals surface area contributed by atoms with Crippen LogP contribution in [0, 0.1) is 0 Å². The van der Waals surface area contributed by atoms with Crippen LogP contribution in [0.5, 0.6) is 0 Å². The molecule has 0 radical (unpaired) electrons. The van der Waals surface area contributed by atoms with Crippen LogP contribution in [0.1, 0.15) is 310 Å². The fraction of sp³-hybridized carbons (Fsp3) is 0.948. The van der Waals surface area contributed by atoms with Crippen molar-refractivity contribution in [3.8, 4) is 0 Å². The molecule has 6 atom stereocenters. The van der Waals surface area contributed by atoms with Gasteiger partial charge in [0, 0.05) is 12.8 Å². The Labute approximate surface area is 442 Å². The minimum atomic E-state index is -4.99. The van der Waals surface area contributed by atoms with Crippen LogP contribution in [0.15, 0.2) is 0 Å². The SMILES string of the molecule is [2H]OS(=O)(=O)O[C@H]1[C@H](OC(=O)CCCCCCCCCCCCCCCCCC)[C@@H](NC(=O)C[C@@H](CCCCCCCCCCC)OC(=O)CCCCCCCCCCCCCCCCCC)C(O)O[C@@H]1CO. The Bertz CT molecular complexity index is 1410. The van der Waals surface area contributed by atoms with Gasteiger partial charge in [0.05, 0.1) is 13.0 Å². The molecule has 0 aromatic rings. The monoisotopic (exact) mass is 1050 g/mol. The van der Waals surface area contributed by atoms with Crippen LogP contribution in [-0.4, -0.2) is 84.4 Å². The van der Waals surface area contributed by atoms with E-state index in [1.165, 1.54) is 180 Å². The van der Waals surface area contributed by atoms with E-state index >= 15 is 0 Å². The van der Waals surface area contributed by atoms with Crippen LogP contribution in [0.2, 0.25) is 0 Å². The molecular formula is C58H111NO12S. The van der Waals surface area contributed by atoms with Gasteiger partial charge in [0.1, 0.15) is 24.4 Å². The number of hydrogen-bond donors (Lipinski definition) is 4. The topological polar surface area (TPSA) is 195 Å². The number of rotatable bonds is 53. The van der Waals surface area contributed by atoms with Gasteiger partial charge in [-0.2, -0.15) is 8.42 Å². The lowest BCUT2D eigenvalue weighted by Gasteiger charge is -2.43. The fourth-order valence-corrected chi connectivity index (χ4v) is 10.5. The molecule has 13 nitrogen and oxygen atoms in total. The van der Waals surface area contributed by atoms with Gasteiger partial charge in [0.2, 0.25) is 7.34 Å². The third kappa shape index (κ3) is 39.6. The molecule has 4 N–H and O–H groups in total. The molecule has 0 saturated carbocycles. The summed E-state index contributed by atoms with van der Waals surface area (Å²) >= 11 is 0. The Kier molecular flexibility index (Phi) is 43.8. The first-order valence-electron chi connectivity index (χ1n) is 30.6. The number of hydrogen-bond acceptors (Lipinski definition) is 12. The minimum absolute atomic E-state index is 0.0130. The van der Waals surface area contributed by atoms with Gasteiger partial charge in [-0.1, -0.05) is 265 Å². The number of carbonyl (C=O) groups excluding carboxylic acids is 3. The van der Waals surface area contributed by atoms with Crippen molar-refractivity contribution < 1.29 is 56.0 Å². The third-order valence-corrected chi connectivity index (χ3v) is 14.9. The summed E-state index contributed by atoms with van der Waals surface area (Å²) in [5, 5.41) is 23.9. The van der Waals surface area contributed by atoms with Crippen molar-refractivity contribution in [1.82, 2.24) is 5.32 Å². The summed E-state index contributed by atoms with van der Waals surface area (Å²) in [7, 11) is -4.99. The van der Waals surface area contributed by atoms with E-state index < -0.39 is 65.6 Å². The molecule has 14 heteroatoms. The zero-order chi connectivity index (χ0) is 53.5. The van der Waals surface area contributed by atoms with Gasteiger partial charge >= 0.3 is 22.3 Å². The number of aliphatic hydroxyl groups is 2. The number of unbranched alkanes of at least 4 members (excludes halogenated alkanes) is 38. The van der Waals surface area contributed by atoms with Gasteiger partial charge in [-0.3, -0.25) is 18.9 Å². The summed E-state index contributed by atoms with van der Waals surface area (Å²) in [6.07, 6.45) is 41.2. The van der Waals surface area contributed by atoms with Crippen LogP contribution in [0.25, 0.3) is 1.43 Å². The highest BCUT2D eigenvalue weighted by Gasteiger charge is 2.50. The Balaban J connectivity index is 2.77. The summed E-state index contributed by atoms with van der Waals surface area (Å²) in [5.41, 5.74) is 0. The van der Waals surface area contributed by atoms with Gasteiger partial charge in [-0.25, -0.2) is 4.18 Å². The first-order valence-corrected chi connectivity index (χ1v) is 31.6. The normalized spacial score (nSPS) is 18.7. The minimum Gasteiger partial charge on any atom is -0.462 e. The van der Waals surface area contributed by atoms with Crippen LogP contribution in [0.3, 0.4) is 0 Å². The third-order valence-electron chi connectivity index (χ3n) is 14.5. The van der Waals surface area contributed by atoms with Crippen LogP contribution in [-0.2, 0) is 43.2 Å². The van der Waals surface area contributed by atoms with Gasteiger partial charge in [-0.05, 0) is 25.7 Å². The zero-order valence-electron chi connectivity index (χ0n) is 47.4. The average Bonchev–Trinajstić information content (AvgIpc) is 3.37. The maximum absolute atomic E-state index is 13.8. The van der Waals surface area contributed by atoms with Crippen molar-refractivity contribution in [3.63, 3.8) is 0 Å². The highest BCUT2D eigenvalue weighted by atomic mass is 32.3. The summed E-state index contributed by atoms with van der Waals surface area (Å²) in [6, 6.07) is -1.54. The standard InChI is InChI=1S/C58H111NO12S/c1-4-7-10-13-16-19-21-23-25-27-29-31-34-37-40-43-46-53(62)68-50(45-42-39-36-33-18-15-12-9-6-3)48-52(61)59-55-57(56(71-72(65,66)67)51(49-60)69-58(55)64)70-54(63)47-44-41-38-35-32-30-28-26-24-22-20-17-14-11-8-5-2/h50-51,55-58,60,64H,4-49H2,1-3H3,(H,59,61)(H,65,66,67)/t50-,51-,55-,56-,57-,58?/m1/s1/i/hD. The average molecular weight is 1050 g/mol. The van der Waals surface area contributed by atoms with Crippen molar-refractivity contribution in [2.45, 2.75) is 346 Å². The van der Waals surface area contributed by atoms with Gasteiger partial charge in [0.25, 0.3) is 0 Å². The number of nitrogens with one attached hydrogen (secondary N) is 1. The molecule has 1 unspecified atom stereocenters. The van der Waals surface area contributed by atoms with E-state index in [-0.39, 0.29) is 25.2 Å². The van der Waals surface area contributed by atoms with Crippen molar-refractivity contribution in [3.05, 3.63) is 0 Å². The van der Waals surface area contributed by atoms with E-state index in [2.05, 4.69) is 30.6 Å². The highest BCUT2D eigenvalue weighted by molar-refractivity contribution is 7.80. The summed E-state index contributed by atoms with van der Waals surface area (Å²) in [4.78, 5) is 40.4. The molecule has 1 aliphatic rings. The molecule has 0 aliphatic carbocycles. The number of ether oxygens (including phenoxy) is 3. The Morgan fingerprint density at radius 3 is 1.24 bits per heavy atom. The lowest BCUT2D eigenvalue weighted by molar-refractivity contribution is -0.254. The van der Waals surface area contributed by atoms with Crippen LogP contribution < -0.4 is 5.32 Å². The number of amides is 1. The first-order chi connectivity index (χ1) is 35.5. The van der Waals surface area contributed by atoms with E-state index in [9.17, 15) is 33.0 Å². The van der Waals surface area contributed by atoms with E-state index in [1.54, 1.807) is 0 Å². The van der Waals surface area contributed by atoms with E-state index in [1.807, 2.05) is 0 Å². The smallest absolute Gasteiger partial charge is 0.397 e. The summed E-state index contributed by atoms with van der Waals surface area (Å²) < 4.78 is 57.8. The predicted octanol–water partition coefficient (Wildman–Crippen LogP) is 14.8. The molecule has 426 valence electrons. The van der Waals surface area contributed by atoms with E-state index in [4.69, 9.17) is 19.8 Å². The second-order valence-electron chi connectivity index (χ2n) is 21.3. The molecule has 1 saturated heterocycles. The highest BCUT2D eigenvalue weighted by Crippen LogP contribution is 2.28. The van der Waals surface area contributed by atoms with Gasteiger partial charge < -0.3 is 29.7 Å². The molecular weight excluding hydrogens is 935 g/mol. The Hall–Kier alpha value is -1.84. The maximum Gasteiger partial charge on any atom is 0.397 e. The quantitative estimate of drug-likeness (QED) is 0.0256. The van der Waals surface area contributed by atoms with Crippen molar-refractivity contribution in [2.75, 3.05) is 6.61 Å². The number of carbonyl (C=O) groups is 3. The van der Waals surface area contributed by atoms with E-state index in [0.29, 0.717) is 19.3 Å². The molecule has 72 heavy (non-hydrogen) atoms. The largest absolute Gasteiger partial charge is 0.462 e. The molecule has 1 aliphatic heterocycles. The molecule has 0 spiro atoms. The van der Waals surface area contributed by atoms with Crippen molar-refractivity contribution in [1.29, 1.82) is 1.43 Å².